The van der Waals surface area contributed by atoms with Crippen LogP contribution < -0.4 is 10.6 Å². The molecule has 2 aromatic heterocycles. The lowest BCUT2D eigenvalue weighted by atomic mass is 9.90. The Labute approximate surface area is 168 Å². The van der Waals surface area contributed by atoms with Crippen molar-refractivity contribution >= 4 is 33.5 Å². The number of nitrogens with one attached hydrogen (secondary N) is 2. The summed E-state index contributed by atoms with van der Waals surface area (Å²) in [5.74, 6) is 0.563. The molecule has 1 fully saturated rings. The number of amides is 2. The number of fused-ring (bicyclic) bond motifs is 1. The van der Waals surface area contributed by atoms with Crippen molar-refractivity contribution in [3.63, 3.8) is 0 Å². The molecule has 2 aliphatic heterocycles. The van der Waals surface area contributed by atoms with Crippen LogP contribution in [0.2, 0.25) is 0 Å². The van der Waals surface area contributed by atoms with Crippen LogP contribution in [-0.2, 0) is 26.7 Å². The first-order chi connectivity index (χ1) is 13.7. The summed E-state index contributed by atoms with van der Waals surface area (Å²) in [4.78, 5) is 25.0. The Morgan fingerprint density at radius 3 is 2.69 bits per heavy atom. The topological polar surface area (TPSA) is 127 Å². The van der Waals surface area contributed by atoms with Crippen LogP contribution in [0.3, 0.4) is 0 Å². The Bertz CT molecular complexity index is 1040. The third-order valence-corrected chi connectivity index (χ3v) is 6.80. The molecule has 4 heterocycles. The van der Waals surface area contributed by atoms with Crippen LogP contribution in [0.15, 0.2) is 22.8 Å². The Hall–Kier alpha value is -2.66. The second kappa shape index (κ2) is 7.30. The zero-order valence-electron chi connectivity index (χ0n) is 16.2. The fourth-order valence-electron chi connectivity index (χ4n) is 3.98. The minimum Gasteiger partial charge on any atom is -0.469 e. The molecule has 2 aliphatic rings. The Morgan fingerprint density at radius 1 is 1.34 bits per heavy atom. The summed E-state index contributed by atoms with van der Waals surface area (Å²) in [6.45, 7) is 0.643. The number of furan rings is 1. The molecule has 0 bridgehead atoms. The average molecular weight is 421 g/mol. The molecule has 0 aromatic carbocycles. The van der Waals surface area contributed by atoms with Crippen molar-refractivity contribution in [3.8, 4) is 0 Å². The first kappa shape index (κ1) is 19.6. The van der Waals surface area contributed by atoms with E-state index in [0.29, 0.717) is 48.9 Å². The van der Waals surface area contributed by atoms with E-state index >= 15 is 0 Å². The number of anilines is 2. The highest BCUT2D eigenvalue weighted by Crippen LogP contribution is 2.41. The van der Waals surface area contributed by atoms with Gasteiger partial charge in [-0.15, -0.1) is 0 Å². The highest BCUT2D eigenvalue weighted by atomic mass is 32.2. The maximum absolute atomic E-state index is 12.8. The largest absolute Gasteiger partial charge is 0.469 e. The van der Waals surface area contributed by atoms with Gasteiger partial charge in [0, 0.05) is 32.5 Å². The molecule has 0 aliphatic carbocycles. The highest BCUT2D eigenvalue weighted by Gasteiger charge is 2.36. The smallest absolute Gasteiger partial charge is 0.228 e. The van der Waals surface area contributed by atoms with Crippen LogP contribution in [0, 0.1) is 5.92 Å². The highest BCUT2D eigenvalue weighted by molar-refractivity contribution is 7.88. The zero-order valence-corrected chi connectivity index (χ0v) is 17.0. The average Bonchev–Trinajstić information content (AvgIpc) is 3.30. The summed E-state index contributed by atoms with van der Waals surface area (Å²) in [6, 6.07) is 3.55. The van der Waals surface area contributed by atoms with E-state index in [9.17, 15) is 18.0 Å². The van der Waals surface area contributed by atoms with E-state index in [-0.39, 0.29) is 30.1 Å². The summed E-state index contributed by atoms with van der Waals surface area (Å²) in [7, 11) is -1.55. The van der Waals surface area contributed by atoms with Gasteiger partial charge in [0.2, 0.25) is 21.8 Å². The molecular weight excluding hydrogens is 398 g/mol. The molecule has 11 heteroatoms. The molecule has 156 valence electrons. The molecule has 10 nitrogen and oxygen atoms in total. The van der Waals surface area contributed by atoms with Gasteiger partial charge in [-0.05, 0) is 25.0 Å². The van der Waals surface area contributed by atoms with Gasteiger partial charge < -0.3 is 15.1 Å². The molecule has 0 spiro atoms. The van der Waals surface area contributed by atoms with Gasteiger partial charge in [0.15, 0.2) is 5.82 Å². The van der Waals surface area contributed by atoms with E-state index in [1.807, 2.05) is 0 Å². The first-order valence-electron chi connectivity index (χ1n) is 9.40. The van der Waals surface area contributed by atoms with Gasteiger partial charge in [-0.25, -0.2) is 12.7 Å². The summed E-state index contributed by atoms with van der Waals surface area (Å²) < 4.78 is 31.8. The third kappa shape index (κ3) is 3.79. The number of aryl methyl sites for hydroxylation is 1. The number of sulfonamides is 1. The number of hydrogen-bond donors (Lipinski definition) is 2. The number of carbonyl (C=O) groups excluding carboxylic acids is 2. The Balaban J connectivity index is 1.55. The molecule has 0 saturated carbocycles. The minimum atomic E-state index is -3.24. The molecule has 2 N–H and O–H groups in total. The lowest BCUT2D eigenvalue weighted by Crippen LogP contribution is -2.41. The Morgan fingerprint density at radius 2 is 2.07 bits per heavy atom. The van der Waals surface area contributed by atoms with Crippen molar-refractivity contribution in [1.82, 2.24) is 14.1 Å². The molecule has 2 amide bonds. The molecule has 1 unspecified atom stereocenters. The molecule has 1 saturated heterocycles. The normalized spacial score (nSPS) is 20.9. The number of hydrogen-bond acceptors (Lipinski definition) is 6. The lowest BCUT2D eigenvalue weighted by Gasteiger charge is -2.29. The monoisotopic (exact) mass is 421 g/mol. The van der Waals surface area contributed by atoms with E-state index < -0.39 is 10.0 Å². The van der Waals surface area contributed by atoms with Crippen molar-refractivity contribution in [1.29, 1.82) is 0 Å². The molecule has 1 atom stereocenters. The molecule has 4 rings (SSSR count). The van der Waals surface area contributed by atoms with Crippen LogP contribution in [-0.4, -0.2) is 53.7 Å². The SMILES string of the molecule is Cn1nc(NC(=O)C2CCN(S(C)(=O)=O)CC2)c2c1NC(=O)CC2c1ccco1. The van der Waals surface area contributed by atoms with Gasteiger partial charge >= 0.3 is 0 Å². The van der Waals surface area contributed by atoms with Gasteiger partial charge in [-0.3, -0.25) is 14.3 Å². The van der Waals surface area contributed by atoms with E-state index in [0.717, 1.165) is 0 Å². The van der Waals surface area contributed by atoms with Gasteiger partial charge in [0.1, 0.15) is 11.6 Å². The van der Waals surface area contributed by atoms with E-state index in [1.165, 1.54) is 15.2 Å². The maximum atomic E-state index is 12.8. The quantitative estimate of drug-likeness (QED) is 0.761. The summed E-state index contributed by atoms with van der Waals surface area (Å²) in [6.07, 6.45) is 3.82. The zero-order chi connectivity index (χ0) is 20.8. The maximum Gasteiger partial charge on any atom is 0.228 e. The van der Waals surface area contributed by atoms with Gasteiger partial charge in [-0.1, -0.05) is 0 Å². The van der Waals surface area contributed by atoms with Crippen molar-refractivity contribution in [2.75, 3.05) is 30.0 Å². The van der Waals surface area contributed by atoms with Gasteiger partial charge in [0.05, 0.1) is 24.0 Å². The standard InChI is InChI=1S/C18H23N5O5S/c1-22-17-15(12(10-14(24)19-17)13-4-3-9-28-13)16(21-22)20-18(25)11-5-7-23(8-6-11)29(2,26)27/h3-4,9,11-12H,5-8,10H2,1-2H3,(H,19,24)(H,20,21,25). The van der Waals surface area contributed by atoms with Crippen LogP contribution in [0.5, 0.6) is 0 Å². The molecule has 0 radical (unpaired) electrons. The van der Waals surface area contributed by atoms with Crippen molar-refractivity contribution in [3.05, 3.63) is 29.7 Å². The first-order valence-corrected chi connectivity index (χ1v) is 11.2. The van der Waals surface area contributed by atoms with Crippen LogP contribution >= 0.6 is 0 Å². The van der Waals surface area contributed by atoms with Crippen molar-refractivity contribution in [2.24, 2.45) is 13.0 Å². The lowest BCUT2D eigenvalue weighted by molar-refractivity contribution is -0.121. The molecule has 29 heavy (non-hydrogen) atoms. The van der Waals surface area contributed by atoms with Crippen LogP contribution in [0.25, 0.3) is 0 Å². The number of aromatic nitrogens is 2. The van der Waals surface area contributed by atoms with Crippen LogP contribution in [0.4, 0.5) is 11.6 Å². The van der Waals surface area contributed by atoms with E-state index in [4.69, 9.17) is 4.42 Å². The van der Waals surface area contributed by atoms with Crippen LogP contribution in [0.1, 0.15) is 36.5 Å². The number of rotatable bonds is 4. The minimum absolute atomic E-state index is 0.145. The fourth-order valence-corrected chi connectivity index (χ4v) is 4.86. The summed E-state index contributed by atoms with van der Waals surface area (Å²) >= 11 is 0. The number of carbonyl (C=O) groups is 2. The van der Waals surface area contributed by atoms with E-state index in [2.05, 4.69) is 15.7 Å². The van der Waals surface area contributed by atoms with Gasteiger partial charge in [-0.2, -0.15) is 5.10 Å². The van der Waals surface area contributed by atoms with E-state index in [1.54, 1.807) is 25.4 Å². The number of nitrogens with zero attached hydrogens (tertiary/aromatic N) is 3. The second-order valence-corrected chi connectivity index (χ2v) is 9.46. The van der Waals surface area contributed by atoms with Crippen molar-refractivity contribution < 1.29 is 22.4 Å². The number of piperidine rings is 1. The Kier molecular flexibility index (Phi) is 4.95. The summed E-state index contributed by atoms with van der Waals surface area (Å²) in [5.41, 5.74) is 0.712. The van der Waals surface area contributed by atoms with Gasteiger partial charge in [0.25, 0.3) is 0 Å². The summed E-state index contributed by atoms with van der Waals surface area (Å²) in [5, 5.41) is 10.1. The fraction of sp³-hybridized carbons (Fsp3) is 0.500. The predicted molar refractivity (Wildman–Crippen MR) is 105 cm³/mol. The predicted octanol–water partition coefficient (Wildman–Crippen LogP) is 1.10. The molecule has 2 aromatic rings. The van der Waals surface area contributed by atoms with Crippen molar-refractivity contribution in [2.45, 2.75) is 25.2 Å². The molecular formula is C18H23N5O5S. The third-order valence-electron chi connectivity index (χ3n) is 5.50. The second-order valence-electron chi connectivity index (χ2n) is 7.48.